The highest BCUT2D eigenvalue weighted by Crippen LogP contribution is 2.31. The normalized spacial score (nSPS) is 13.9. The molecule has 0 aliphatic carbocycles. The van der Waals surface area contributed by atoms with E-state index in [2.05, 4.69) is 10.1 Å². The van der Waals surface area contributed by atoms with Crippen molar-refractivity contribution in [2.24, 2.45) is 0 Å². The molecule has 1 aliphatic heterocycles. The van der Waals surface area contributed by atoms with Gasteiger partial charge in [-0.1, -0.05) is 0 Å². The Morgan fingerprint density at radius 2 is 2.07 bits per heavy atom. The maximum absolute atomic E-state index is 13.5. The number of fused-ring (bicyclic) bond motifs is 1. The summed E-state index contributed by atoms with van der Waals surface area (Å²) < 4.78 is 18.1. The first kappa shape index (κ1) is 8.68. The molecule has 0 bridgehead atoms. The van der Waals surface area contributed by atoms with E-state index < -0.39 is 17.5 Å². The molecular weight excluding hydrogens is 189 g/mol. The van der Waals surface area contributed by atoms with Crippen molar-refractivity contribution in [1.29, 1.82) is 0 Å². The number of hydrogen-bond acceptors (Lipinski definition) is 3. The molecule has 0 spiro atoms. The Kier molecular flexibility index (Phi) is 1.73. The van der Waals surface area contributed by atoms with Crippen LogP contribution in [0.1, 0.15) is 10.4 Å². The van der Waals surface area contributed by atoms with Crippen molar-refractivity contribution in [3.63, 3.8) is 0 Å². The second kappa shape index (κ2) is 2.80. The van der Waals surface area contributed by atoms with Gasteiger partial charge in [0, 0.05) is 0 Å². The van der Waals surface area contributed by atoms with Gasteiger partial charge in [-0.3, -0.25) is 9.59 Å². The minimum Gasteiger partial charge on any atom is -0.494 e. The number of amides is 1. The largest absolute Gasteiger partial charge is 0.494 e. The van der Waals surface area contributed by atoms with E-state index in [9.17, 15) is 14.0 Å². The van der Waals surface area contributed by atoms with Crippen molar-refractivity contribution in [1.82, 2.24) is 0 Å². The minimum absolute atomic E-state index is 0.0476. The van der Waals surface area contributed by atoms with Crippen molar-refractivity contribution in [3.05, 3.63) is 23.5 Å². The van der Waals surface area contributed by atoms with Crippen LogP contribution in [0.3, 0.4) is 0 Å². The molecule has 1 aromatic rings. The second-order valence-corrected chi connectivity index (χ2v) is 2.79. The van der Waals surface area contributed by atoms with Crippen LogP contribution in [0.25, 0.3) is 0 Å². The molecule has 1 aromatic carbocycles. The standard InChI is InChI=1S/C9H6FNO3/c1-14-5-3-2-4-6(7(5)10)8(12)9(13)11-4/h2-3H,1H3,(H,11,12,13). The zero-order valence-corrected chi connectivity index (χ0v) is 7.26. The summed E-state index contributed by atoms with van der Waals surface area (Å²) in [5.74, 6) is -2.52. The lowest BCUT2D eigenvalue weighted by atomic mass is 10.1. The van der Waals surface area contributed by atoms with Gasteiger partial charge in [0.2, 0.25) is 0 Å². The van der Waals surface area contributed by atoms with Gasteiger partial charge in [0.05, 0.1) is 18.4 Å². The van der Waals surface area contributed by atoms with Crippen molar-refractivity contribution >= 4 is 17.4 Å². The molecule has 1 amide bonds. The Bertz CT molecular complexity index is 442. The molecule has 0 aromatic heterocycles. The summed E-state index contributed by atoms with van der Waals surface area (Å²) in [5.41, 5.74) is -0.0485. The lowest BCUT2D eigenvalue weighted by Crippen LogP contribution is -2.13. The fraction of sp³-hybridized carbons (Fsp3) is 0.111. The van der Waals surface area contributed by atoms with E-state index >= 15 is 0 Å². The number of rotatable bonds is 1. The zero-order valence-electron chi connectivity index (χ0n) is 7.26. The molecule has 1 heterocycles. The number of methoxy groups -OCH3 is 1. The minimum atomic E-state index is -0.864. The fourth-order valence-electron chi connectivity index (χ4n) is 1.33. The molecule has 1 aliphatic rings. The first-order valence-electron chi connectivity index (χ1n) is 3.87. The van der Waals surface area contributed by atoms with E-state index in [0.29, 0.717) is 0 Å². The predicted molar refractivity (Wildman–Crippen MR) is 45.9 cm³/mol. The topological polar surface area (TPSA) is 55.4 Å². The molecule has 14 heavy (non-hydrogen) atoms. The number of Topliss-reactive ketones (excluding diaryl/α,β-unsaturated/α-hetero) is 1. The van der Waals surface area contributed by atoms with Crippen LogP contribution in [0, 0.1) is 5.82 Å². The average molecular weight is 195 g/mol. The third-order valence-electron chi connectivity index (χ3n) is 2.01. The number of carbonyl (C=O) groups is 2. The molecule has 72 valence electrons. The number of anilines is 1. The van der Waals surface area contributed by atoms with E-state index in [-0.39, 0.29) is 17.0 Å². The fourth-order valence-corrected chi connectivity index (χ4v) is 1.33. The van der Waals surface area contributed by atoms with Crippen LogP contribution in [-0.4, -0.2) is 18.8 Å². The van der Waals surface area contributed by atoms with Crippen LogP contribution in [0.4, 0.5) is 10.1 Å². The number of ether oxygens (including phenoxy) is 1. The van der Waals surface area contributed by atoms with Crippen LogP contribution in [-0.2, 0) is 4.79 Å². The van der Waals surface area contributed by atoms with Crippen molar-refractivity contribution in [2.45, 2.75) is 0 Å². The molecular formula is C9H6FNO3. The Hall–Kier alpha value is -1.91. The van der Waals surface area contributed by atoms with Crippen molar-refractivity contribution in [3.8, 4) is 5.75 Å². The summed E-state index contributed by atoms with van der Waals surface area (Å²) in [4.78, 5) is 22.1. The second-order valence-electron chi connectivity index (χ2n) is 2.79. The van der Waals surface area contributed by atoms with Crippen LogP contribution in [0.15, 0.2) is 12.1 Å². The molecule has 0 radical (unpaired) electrons. The van der Waals surface area contributed by atoms with Crippen LogP contribution < -0.4 is 10.1 Å². The molecule has 1 N–H and O–H groups in total. The number of hydrogen-bond donors (Lipinski definition) is 1. The van der Waals surface area contributed by atoms with Gasteiger partial charge in [0.15, 0.2) is 11.6 Å². The number of halogens is 1. The van der Waals surface area contributed by atoms with Gasteiger partial charge < -0.3 is 10.1 Å². The molecule has 0 saturated heterocycles. The van der Waals surface area contributed by atoms with E-state index in [0.717, 1.165) is 0 Å². The Morgan fingerprint density at radius 3 is 2.71 bits per heavy atom. The number of carbonyl (C=O) groups excluding carboxylic acids is 2. The summed E-state index contributed by atoms with van der Waals surface area (Å²) in [6.45, 7) is 0. The quantitative estimate of drug-likeness (QED) is 0.679. The summed E-state index contributed by atoms with van der Waals surface area (Å²) >= 11 is 0. The predicted octanol–water partition coefficient (Wildman–Crippen LogP) is 0.969. The molecule has 0 atom stereocenters. The van der Waals surface area contributed by atoms with Gasteiger partial charge >= 0.3 is 0 Å². The highest BCUT2D eigenvalue weighted by molar-refractivity contribution is 6.51. The summed E-state index contributed by atoms with van der Waals surface area (Å²) in [7, 11) is 1.29. The van der Waals surface area contributed by atoms with Gasteiger partial charge in [0.25, 0.3) is 11.7 Å². The van der Waals surface area contributed by atoms with E-state index in [4.69, 9.17) is 0 Å². The van der Waals surface area contributed by atoms with E-state index in [1.54, 1.807) is 0 Å². The maximum Gasteiger partial charge on any atom is 0.296 e. The van der Waals surface area contributed by atoms with E-state index in [1.807, 2.05) is 0 Å². The van der Waals surface area contributed by atoms with Gasteiger partial charge in [-0.25, -0.2) is 4.39 Å². The van der Waals surface area contributed by atoms with Crippen LogP contribution >= 0.6 is 0 Å². The highest BCUT2D eigenvalue weighted by Gasteiger charge is 2.32. The summed E-state index contributed by atoms with van der Waals surface area (Å²) in [5, 5.41) is 2.26. The number of ketones is 1. The van der Waals surface area contributed by atoms with Gasteiger partial charge in [0.1, 0.15) is 0 Å². The van der Waals surface area contributed by atoms with Crippen molar-refractivity contribution in [2.75, 3.05) is 12.4 Å². The van der Waals surface area contributed by atoms with Gasteiger partial charge in [-0.2, -0.15) is 0 Å². The molecule has 0 unspecified atom stereocenters. The number of nitrogens with one attached hydrogen (secondary N) is 1. The smallest absolute Gasteiger partial charge is 0.296 e. The number of benzene rings is 1. The molecule has 2 rings (SSSR count). The maximum atomic E-state index is 13.5. The molecule has 5 heteroatoms. The third kappa shape index (κ3) is 0.985. The van der Waals surface area contributed by atoms with Gasteiger partial charge in [-0.05, 0) is 12.1 Å². The Balaban J connectivity index is 2.66. The lowest BCUT2D eigenvalue weighted by molar-refractivity contribution is -0.112. The third-order valence-corrected chi connectivity index (χ3v) is 2.01. The monoisotopic (exact) mass is 195 g/mol. The Morgan fingerprint density at radius 1 is 1.36 bits per heavy atom. The molecule has 0 saturated carbocycles. The van der Waals surface area contributed by atoms with Crippen LogP contribution in [0.5, 0.6) is 5.75 Å². The first-order chi connectivity index (χ1) is 6.65. The SMILES string of the molecule is COc1ccc2c(c1F)C(=O)C(=O)N2. The molecule has 4 nitrogen and oxygen atoms in total. The highest BCUT2D eigenvalue weighted by atomic mass is 19.1. The van der Waals surface area contributed by atoms with E-state index in [1.165, 1.54) is 19.2 Å². The van der Waals surface area contributed by atoms with Gasteiger partial charge in [-0.15, -0.1) is 0 Å². The lowest BCUT2D eigenvalue weighted by Gasteiger charge is -2.03. The average Bonchev–Trinajstić information content (AvgIpc) is 2.44. The zero-order chi connectivity index (χ0) is 10.3. The summed E-state index contributed by atoms with van der Waals surface area (Å²) in [6, 6.07) is 2.78. The Labute approximate surface area is 78.7 Å². The first-order valence-corrected chi connectivity index (χ1v) is 3.87. The van der Waals surface area contributed by atoms with Crippen molar-refractivity contribution < 1.29 is 18.7 Å². The molecule has 0 fully saturated rings. The van der Waals surface area contributed by atoms with Crippen LogP contribution in [0.2, 0.25) is 0 Å². The summed E-state index contributed by atoms with van der Waals surface area (Å²) in [6.07, 6.45) is 0.